The third-order valence-corrected chi connectivity index (χ3v) is 12.8. The number of hydrogen-bond donors (Lipinski definition) is 2. The Bertz CT molecular complexity index is 994. The molecule has 5 nitrogen and oxygen atoms in total. The summed E-state index contributed by atoms with van der Waals surface area (Å²) in [5.41, 5.74) is 3.83. The van der Waals surface area contributed by atoms with E-state index < -0.39 is 10.0 Å². The second-order valence-corrected chi connectivity index (χ2v) is 15.8. The van der Waals surface area contributed by atoms with Gasteiger partial charge in [0.2, 0.25) is 10.0 Å². The molecule has 36 heavy (non-hydrogen) atoms. The molecule has 2 aliphatic heterocycles. The maximum absolute atomic E-state index is 11.9. The van der Waals surface area contributed by atoms with E-state index in [2.05, 4.69) is 37.7 Å². The minimum Gasteiger partial charge on any atom is -0.369 e. The van der Waals surface area contributed by atoms with Crippen LogP contribution in [0.1, 0.15) is 91.9 Å². The molecule has 2 saturated heterocycles. The lowest BCUT2D eigenvalue weighted by atomic mass is 9.52. The molecule has 206 valence electrons. The van der Waals surface area contributed by atoms with Gasteiger partial charge < -0.3 is 17.5 Å². The zero-order chi connectivity index (χ0) is 24.8. The molecule has 0 aromatic carbocycles. The number of sulfonamides is 1. The van der Waals surface area contributed by atoms with Gasteiger partial charge in [0.25, 0.3) is 0 Å². The maximum Gasteiger partial charge on any atom is 0.208 e. The van der Waals surface area contributed by atoms with Crippen LogP contribution in [-0.2, 0) is 14.8 Å². The van der Waals surface area contributed by atoms with E-state index in [0.717, 1.165) is 43.6 Å². The van der Waals surface area contributed by atoms with Gasteiger partial charge in [-0.25, -0.2) is 13.1 Å². The summed E-state index contributed by atoms with van der Waals surface area (Å²) in [6.45, 7) is 11.0. The summed E-state index contributed by atoms with van der Waals surface area (Å²) in [6.07, 6.45) is 13.6. The molecule has 4 aliphatic carbocycles. The molecule has 0 amide bonds. The van der Waals surface area contributed by atoms with Gasteiger partial charge in [-0.15, -0.1) is 0 Å². The van der Waals surface area contributed by atoms with E-state index in [1.54, 1.807) is 11.1 Å². The lowest BCUT2D eigenvalue weighted by molar-refractivity contribution is -0.0746. The Labute approximate surface area is 221 Å². The first kappa shape index (κ1) is 27.1. The Morgan fingerprint density at radius 3 is 2.61 bits per heavy atom. The molecule has 0 aromatic rings. The summed E-state index contributed by atoms with van der Waals surface area (Å²) in [6, 6.07) is 0.660. The van der Waals surface area contributed by atoms with Crippen molar-refractivity contribution in [2.45, 2.75) is 116 Å². The van der Waals surface area contributed by atoms with Gasteiger partial charge in [-0.1, -0.05) is 31.9 Å². The number of rotatable bonds is 2. The van der Waals surface area contributed by atoms with Gasteiger partial charge in [-0.3, -0.25) is 0 Å². The molecule has 1 spiro atoms. The molecule has 1 unspecified atom stereocenters. The van der Waals surface area contributed by atoms with E-state index in [4.69, 9.17) is 4.74 Å². The Morgan fingerprint density at radius 1 is 1.08 bits per heavy atom. The van der Waals surface area contributed by atoms with Crippen LogP contribution in [0.4, 0.5) is 0 Å². The first-order chi connectivity index (χ1) is 16.5. The number of piperidine rings is 1. The highest BCUT2D eigenvalue weighted by molar-refractivity contribution is 7.88. The lowest BCUT2D eigenvalue weighted by Crippen LogP contribution is -2.50. The second-order valence-electron chi connectivity index (χ2n) is 14.0. The first-order valence-corrected chi connectivity index (χ1v) is 16.5. The summed E-state index contributed by atoms with van der Waals surface area (Å²) in [7, 11) is -3.13. The van der Waals surface area contributed by atoms with Gasteiger partial charge in [0.05, 0.1) is 18.0 Å². The van der Waals surface area contributed by atoms with Crippen LogP contribution in [0.25, 0.3) is 0 Å². The summed E-state index contributed by atoms with van der Waals surface area (Å²) in [4.78, 5) is 0. The van der Waals surface area contributed by atoms with Crippen molar-refractivity contribution in [1.29, 1.82) is 0 Å². The van der Waals surface area contributed by atoms with Gasteiger partial charge in [-0.05, 0) is 113 Å². The maximum atomic E-state index is 11.9. The molecule has 6 heteroatoms. The van der Waals surface area contributed by atoms with Crippen molar-refractivity contribution >= 4 is 10.0 Å². The highest BCUT2D eigenvalue weighted by atomic mass is 32.2. The topological polar surface area (TPSA) is 67.4 Å². The van der Waals surface area contributed by atoms with Gasteiger partial charge in [0.1, 0.15) is 0 Å². The van der Waals surface area contributed by atoms with Gasteiger partial charge in [0.15, 0.2) is 0 Å². The first-order valence-electron chi connectivity index (χ1n) is 14.6. The van der Waals surface area contributed by atoms with E-state index in [0.29, 0.717) is 35.3 Å². The predicted octanol–water partition coefficient (Wildman–Crippen LogP) is 5.48. The smallest absolute Gasteiger partial charge is 0.208 e. The molecular formula is C30H51N2O3S-. The quantitative estimate of drug-likeness (QED) is 0.375. The van der Waals surface area contributed by atoms with Crippen molar-refractivity contribution in [1.82, 2.24) is 10.0 Å². The summed E-state index contributed by atoms with van der Waals surface area (Å²) in [5.74, 6) is 4.28. The van der Waals surface area contributed by atoms with Crippen LogP contribution in [0.15, 0.2) is 11.1 Å². The number of hydrogen-bond acceptors (Lipinski definition) is 4. The van der Waals surface area contributed by atoms with Gasteiger partial charge >= 0.3 is 0 Å². The molecular weight excluding hydrogens is 468 g/mol. The standard InChI is InChI=1S/C29H48N2O3S.CH3/c1-17-12-26-27(30-16-17)19(3)29(34-26)11-9-22-23-7-6-20-13-21(31-35(5,32)33)8-10-28(20,4)25(23)14-24(22)18(2)15-29;/h17,19-23,25-27,30-31H,6-16H2,1-5H3;1H3/q;-1/t17-,19+,20+,21?,22-,23-,25-,26+,27-,28-,29-;/m0./s1. The van der Waals surface area contributed by atoms with Gasteiger partial charge in [0, 0.05) is 18.0 Å². The number of ether oxygens (including phenoxy) is 1. The van der Waals surface area contributed by atoms with E-state index >= 15 is 0 Å². The monoisotopic (exact) mass is 519 g/mol. The molecule has 11 atom stereocenters. The molecule has 2 heterocycles. The Balaban J connectivity index is 0.00000267. The average molecular weight is 520 g/mol. The van der Waals surface area contributed by atoms with E-state index in [1.165, 1.54) is 51.2 Å². The largest absolute Gasteiger partial charge is 0.369 e. The van der Waals surface area contributed by atoms with Crippen molar-refractivity contribution in [3.63, 3.8) is 0 Å². The molecule has 0 bridgehead atoms. The molecule has 6 rings (SSSR count). The van der Waals surface area contributed by atoms with Crippen LogP contribution in [0, 0.1) is 48.3 Å². The minimum atomic E-state index is -3.13. The van der Waals surface area contributed by atoms with Crippen LogP contribution >= 0.6 is 0 Å². The zero-order valence-corrected chi connectivity index (χ0v) is 24.4. The van der Waals surface area contributed by atoms with Crippen LogP contribution in [0.2, 0.25) is 0 Å². The van der Waals surface area contributed by atoms with Crippen molar-refractivity contribution in [3.05, 3.63) is 18.6 Å². The SMILES string of the molecule is CC1=C2C[C@H]3[C@@H](CC[C@@H]4CC(NS(C)(=O)=O)CC[C@@]43C)[C@@H]2CC[C@@]2(C1)O[C@@H]1C[C@H](C)CN[C@H]1[C@H]2C.[CH3-]. The number of fused-ring (bicyclic) bond motifs is 6. The fourth-order valence-corrected chi connectivity index (χ4v) is 11.1. The normalized spacial score (nSPS) is 50.5. The van der Waals surface area contributed by atoms with E-state index in [-0.39, 0.29) is 19.1 Å². The lowest BCUT2D eigenvalue weighted by Gasteiger charge is -2.54. The fourth-order valence-electron chi connectivity index (χ4n) is 10.2. The zero-order valence-electron chi connectivity index (χ0n) is 23.6. The van der Waals surface area contributed by atoms with Crippen molar-refractivity contribution in [3.8, 4) is 0 Å². The average Bonchev–Trinajstić information content (AvgIpc) is 3.23. The van der Waals surface area contributed by atoms with Crippen LogP contribution in [0.5, 0.6) is 0 Å². The summed E-state index contributed by atoms with van der Waals surface area (Å²) >= 11 is 0. The molecule has 6 aliphatic rings. The molecule has 5 fully saturated rings. The number of nitrogens with one attached hydrogen (secondary N) is 2. The number of allylic oxidation sites excluding steroid dienone is 1. The molecule has 2 N–H and O–H groups in total. The molecule has 0 aromatic heterocycles. The Kier molecular flexibility index (Phi) is 7.05. The highest BCUT2D eigenvalue weighted by Gasteiger charge is 2.59. The molecule has 0 radical (unpaired) electrons. The van der Waals surface area contributed by atoms with Crippen molar-refractivity contribution in [2.24, 2.45) is 40.9 Å². The summed E-state index contributed by atoms with van der Waals surface area (Å²) in [5, 5.41) is 3.85. The van der Waals surface area contributed by atoms with Crippen LogP contribution in [0.3, 0.4) is 0 Å². The summed E-state index contributed by atoms with van der Waals surface area (Å²) < 4.78 is 33.7. The van der Waals surface area contributed by atoms with Crippen molar-refractivity contribution < 1.29 is 13.2 Å². The second kappa shape index (κ2) is 9.34. The van der Waals surface area contributed by atoms with Crippen LogP contribution in [-0.4, -0.2) is 45.0 Å². The van der Waals surface area contributed by atoms with E-state index in [1.807, 2.05) is 0 Å². The highest BCUT2D eigenvalue weighted by Crippen LogP contribution is 2.65. The molecule has 3 saturated carbocycles. The minimum absolute atomic E-state index is 0. The Hall–Kier alpha value is -0.430. The van der Waals surface area contributed by atoms with Crippen LogP contribution < -0.4 is 10.0 Å². The van der Waals surface area contributed by atoms with Crippen molar-refractivity contribution in [2.75, 3.05) is 12.8 Å². The third-order valence-electron chi connectivity index (χ3n) is 12.0. The van der Waals surface area contributed by atoms with E-state index in [9.17, 15) is 8.42 Å². The Morgan fingerprint density at radius 2 is 1.86 bits per heavy atom. The predicted molar refractivity (Wildman–Crippen MR) is 147 cm³/mol. The third kappa shape index (κ3) is 4.34. The fraction of sp³-hybridized carbons (Fsp3) is 0.900. The van der Waals surface area contributed by atoms with Gasteiger partial charge in [-0.2, -0.15) is 0 Å².